The third-order valence-electron chi connectivity index (χ3n) is 5.79. The predicted octanol–water partition coefficient (Wildman–Crippen LogP) is 3.77. The highest BCUT2D eigenvalue weighted by molar-refractivity contribution is 5.95. The van der Waals surface area contributed by atoms with Gasteiger partial charge >= 0.3 is 0 Å². The first-order chi connectivity index (χ1) is 9.96. The van der Waals surface area contributed by atoms with Crippen molar-refractivity contribution in [1.29, 1.82) is 0 Å². The van der Waals surface area contributed by atoms with Gasteiger partial charge < -0.3 is 5.32 Å². The summed E-state index contributed by atoms with van der Waals surface area (Å²) in [6, 6.07) is 4.53. The van der Waals surface area contributed by atoms with Crippen LogP contribution in [0, 0.1) is 28.6 Å². The van der Waals surface area contributed by atoms with E-state index in [-0.39, 0.29) is 11.3 Å². The van der Waals surface area contributed by atoms with Gasteiger partial charge in [0.15, 0.2) is 0 Å². The summed E-state index contributed by atoms with van der Waals surface area (Å²) >= 11 is 0. The van der Waals surface area contributed by atoms with Crippen molar-refractivity contribution in [3.8, 4) is 0 Å². The summed E-state index contributed by atoms with van der Waals surface area (Å²) in [6.45, 7) is 2.34. The van der Waals surface area contributed by atoms with Gasteiger partial charge in [0.05, 0.1) is 5.41 Å². The maximum Gasteiger partial charge on any atom is 0.231 e. The Bertz CT molecular complexity index is 586. The van der Waals surface area contributed by atoms with Gasteiger partial charge in [-0.15, -0.1) is 0 Å². The normalized spacial score (nSPS) is 40.3. The topological polar surface area (TPSA) is 42.0 Å². The summed E-state index contributed by atoms with van der Waals surface area (Å²) in [5.74, 6) is 1.23. The monoisotopic (exact) mass is 288 g/mol. The molecule has 4 saturated carbocycles. The van der Waals surface area contributed by atoms with Crippen molar-refractivity contribution in [3.63, 3.8) is 0 Å². The lowest BCUT2D eigenvalue weighted by Gasteiger charge is -2.60. The Balaban J connectivity index is 1.59. The zero-order chi connectivity index (χ0) is 14.7. The third kappa shape index (κ3) is 2.16. The molecule has 4 heteroatoms. The lowest BCUT2D eigenvalue weighted by atomic mass is 9.44. The first-order valence-corrected chi connectivity index (χ1v) is 7.91. The van der Waals surface area contributed by atoms with Gasteiger partial charge in [-0.3, -0.25) is 4.79 Å². The number of pyridine rings is 1. The first kappa shape index (κ1) is 13.2. The molecule has 5 rings (SSSR count). The van der Waals surface area contributed by atoms with Gasteiger partial charge in [-0.2, -0.15) is 4.39 Å². The van der Waals surface area contributed by atoms with Crippen molar-refractivity contribution in [2.24, 2.45) is 22.7 Å². The molecular weight excluding hydrogens is 267 g/mol. The van der Waals surface area contributed by atoms with E-state index >= 15 is 0 Å². The molecule has 0 saturated heterocycles. The summed E-state index contributed by atoms with van der Waals surface area (Å²) in [4.78, 5) is 16.6. The molecule has 4 aliphatic rings. The van der Waals surface area contributed by atoms with Crippen molar-refractivity contribution >= 4 is 11.7 Å². The van der Waals surface area contributed by atoms with Crippen LogP contribution in [-0.4, -0.2) is 10.9 Å². The number of carbonyl (C=O) groups excluding carboxylic acids is 1. The van der Waals surface area contributed by atoms with Crippen LogP contribution in [0.1, 0.15) is 45.4 Å². The van der Waals surface area contributed by atoms with Crippen LogP contribution in [0.4, 0.5) is 10.2 Å². The Hall–Kier alpha value is -1.45. The number of hydrogen-bond acceptors (Lipinski definition) is 2. The molecule has 0 aromatic carbocycles. The molecule has 2 unspecified atom stereocenters. The van der Waals surface area contributed by atoms with Gasteiger partial charge in [0, 0.05) is 0 Å². The van der Waals surface area contributed by atoms with E-state index in [0.29, 0.717) is 23.1 Å². The minimum Gasteiger partial charge on any atom is -0.310 e. The molecule has 0 aliphatic heterocycles. The molecule has 21 heavy (non-hydrogen) atoms. The zero-order valence-corrected chi connectivity index (χ0v) is 12.4. The minimum atomic E-state index is -0.551. The second kappa shape index (κ2) is 4.28. The maximum absolute atomic E-state index is 13.2. The highest BCUT2D eigenvalue weighted by atomic mass is 19.1. The summed E-state index contributed by atoms with van der Waals surface area (Å²) in [7, 11) is 0. The van der Waals surface area contributed by atoms with Crippen molar-refractivity contribution in [1.82, 2.24) is 4.98 Å². The molecule has 4 fully saturated rings. The first-order valence-electron chi connectivity index (χ1n) is 7.91. The number of rotatable bonds is 2. The quantitative estimate of drug-likeness (QED) is 0.842. The molecule has 112 valence electrons. The van der Waals surface area contributed by atoms with E-state index in [9.17, 15) is 9.18 Å². The molecule has 1 heterocycles. The number of aromatic nitrogens is 1. The maximum atomic E-state index is 13.2. The Morgan fingerprint density at radius 1 is 1.29 bits per heavy atom. The lowest BCUT2D eigenvalue weighted by molar-refractivity contribution is -0.149. The van der Waals surface area contributed by atoms with Crippen LogP contribution in [0.25, 0.3) is 0 Å². The average Bonchev–Trinajstić information content (AvgIpc) is 2.35. The molecular formula is C17H21FN2O. The molecule has 3 nitrogen and oxygen atoms in total. The number of halogens is 1. The van der Waals surface area contributed by atoms with E-state index in [1.54, 1.807) is 12.1 Å². The van der Waals surface area contributed by atoms with E-state index in [1.165, 1.54) is 25.3 Å². The molecule has 2 atom stereocenters. The molecule has 0 radical (unpaired) electrons. The highest BCUT2D eigenvalue weighted by Gasteiger charge is 2.58. The Morgan fingerprint density at radius 2 is 2.00 bits per heavy atom. The van der Waals surface area contributed by atoms with Crippen molar-refractivity contribution < 1.29 is 9.18 Å². The molecule has 1 amide bonds. The van der Waals surface area contributed by atoms with Crippen LogP contribution in [0.3, 0.4) is 0 Å². The smallest absolute Gasteiger partial charge is 0.231 e. The zero-order valence-electron chi connectivity index (χ0n) is 12.4. The number of nitrogens with one attached hydrogen (secondary N) is 1. The molecule has 4 aliphatic carbocycles. The van der Waals surface area contributed by atoms with Crippen LogP contribution >= 0.6 is 0 Å². The summed E-state index contributed by atoms with van der Waals surface area (Å²) < 4.78 is 13.2. The van der Waals surface area contributed by atoms with Crippen LogP contribution in [0.15, 0.2) is 18.2 Å². The van der Waals surface area contributed by atoms with Gasteiger partial charge in [-0.1, -0.05) is 13.0 Å². The van der Waals surface area contributed by atoms with Crippen molar-refractivity contribution in [3.05, 3.63) is 24.1 Å². The SMILES string of the molecule is CC12CC3CC(C1)CC(C(=O)Nc1cccc(F)n1)(C3)C2. The van der Waals surface area contributed by atoms with Crippen LogP contribution in [-0.2, 0) is 4.79 Å². The van der Waals surface area contributed by atoms with Crippen LogP contribution < -0.4 is 5.32 Å². The third-order valence-corrected chi connectivity index (χ3v) is 5.79. The van der Waals surface area contributed by atoms with E-state index in [1.807, 2.05) is 0 Å². The fraction of sp³-hybridized carbons (Fsp3) is 0.647. The van der Waals surface area contributed by atoms with Crippen LogP contribution in [0.5, 0.6) is 0 Å². The summed E-state index contributed by atoms with van der Waals surface area (Å²) in [6.07, 6.45) is 6.82. The van der Waals surface area contributed by atoms with Gasteiger partial charge in [0.25, 0.3) is 0 Å². The van der Waals surface area contributed by atoms with Crippen molar-refractivity contribution in [2.45, 2.75) is 45.4 Å². The second-order valence-electron chi connectivity index (χ2n) is 7.85. The van der Waals surface area contributed by atoms with Gasteiger partial charge in [0.2, 0.25) is 11.9 Å². The Labute approximate surface area is 124 Å². The molecule has 0 spiro atoms. The summed E-state index contributed by atoms with van der Waals surface area (Å²) in [5.41, 5.74) is 0.0869. The molecule has 1 N–H and O–H groups in total. The molecule has 4 bridgehead atoms. The number of carbonyl (C=O) groups is 1. The molecule has 1 aromatic heterocycles. The van der Waals surface area contributed by atoms with Gasteiger partial charge in [-0.25, -0.2) is 4.98 Å². The number of hydrogen-bond donors (Lipinski definition) is 1. The van der Waals surface area contributed by atoms with E-state index in [4.69, 9.17) is 0 Å². The highest BCUT2D eigenvalue weighted by Crippen LogP contribution is 2.65. The number of nitrogens with zero attached hydrogens (tertiary/aromatic N) is 1. The second-order valence-corrected chi connectivity index (χ2v) is 7.85. The van der Waals surface area contributed by atoms with E-state index in [0.717, 1.165) is 19.3 Å². The predicted molar refractivity (Wildman–Crippen MR) is 78.0 cm³/mol. The number of amides is 1. The molecule has 1 aromatic rings. The van der Waals surface area contributed by atoms with E-state index in [2.05, 4.69) is 17.2 Å². The summed E-state index contributed by atoms with van der Waals surface area (Å²) in [5, 5.41) is 2.87. The average molecular weight is 288 g/mol. The largest absolute Gasteiger partial charge is 0.310 e. The van der Waals surface area contributed by atoms with Crippen LogP contribution in [0.2, 0.25) is 0 Å². The van der Waals surface area contributed by atoms with E-state index < -0.39 is 5.95 Å². The Morgan fingerprint density at radius 3 is 2.62 bits per heavy atom. The van der Waals surface area contributed by atoms with Crippen molar-refractivity contribution in [2.75, 3.05) is 5.32 Å². The van der Waals surface area contributed by atoms with Gasteiger partial charge in [-0.05, 0) is 67.9 Å². The number of anilines is 1. The standard InChI is InChI=1S/C17H21FN2O/c1-16-6-11-5-12(7-16)9-17(8-11,10-16)15(21)20-14-4-2-3-13(18)19-14/h2-4,11-12H,5-10H2,1H3,(H,19,20,21). The van der Waals surface area contributed by atoms with Gasteiger partial charge in [0.1, 0.15) is 5.82 Å². The fourth-order valence-corrected chi connectivity index (χ4v) is 5.71. The Kier molecular flexibility index (Phi) is 2.69. The minimum absolute atomic E-state index is 0.0564. The lowest BCUT2D eigenvalue weighted by Crippen LogP contribution is -2.55. The fourth-order valence-electron chi connectivity index (χ4n) is 5.71.